The van der Waals surface area contributed by atoms with Crippen LogP contribution in [-0.4, -0.2) is 9.91 Å². The predicted octanol–water partition coefficient (Wildman–Crippen LogP) is 4.48. The molecule has 7 heteroatoms. The molecule has 2 aromatic carbocycles. The highest BCUT2D eigenvalue weighted by molar-refractivity contribution is 6.30. The Bertz CT molecular complexity index is 830. The van der Waals surface area contributed by atoms with Crippen LogP contribution in [0.15, 0.2) is 59.2 Å². The number of nitrogens with zero attached hydrogens (tertiary/aromatic N) is 2. The largest absolute Gasteiger partial charge is 0.487 e. The molecule has 0 fully saturated rings. The van der Waals surface area contributed by atoms with E-state index in [0.29, 0.717) is 22.4 Å². The number of hydrogen-bond donors (Lipinski definition) is 0. The van der Waals surface area contributed by atoms with Crippen LogP contribution in [0.1, 0.15) is 5.69 Å². The molecule has 0 saturated heterocycles. The second-order valence-corrected chi connectivity index (χ2v) is 5.13. The summed E-state index contributed by atoms with van der Waals surface area (Å²) in [5.74, 6) is 0.970. The number of non-ortho nitro benzene ring substituents is 1. The van der Waals surface area contributed by atoms with Gasteiger partial charge in [-0.15, -0.1) is 0 Å². The molecule has 1 heterocycles. The lowest BCUT2D eigenvalue weighted by Gasteiger charge is -2.02. The zero-order valence-electron chi connectivity index (χ0n) is 11.8. The van der Waals surface area contributed by atoms with Gasteiger partial charge in [0.2, 0.25) is 5.89 Å². The number of oxazole rings is 1. The van der Waals surface area contributed by atoms with Crippen LogP contribution in [0.5, 0.6) is 5.75 Å². The van der Waals surface area contributed by atoms with E-state index in [2.05, 4.69) is 4.98 Å². The van der Waals surface area contributed by atoms with Crippen LogP contribution >= 0.6 is 11.6 Å². The maximum Gasteiger partial charge on any atom is 0.269 e. The summed E-state index contributed by atoms with van der Waals surface area (Å²) in [5.41, 5.74) is 1.40. The standard InChI is InChI=1S/C16H11ClN2O4/c17-12-3-1-2-11(8-12)16-18-13(10-23-16)9-22-15-6-4-14(5-7-15)19(20)21/h1-8,10H,9H2. The van der Waals surface area contributed by atoms with E-state index in [1.807, 2.05) is 12.1 Å². The van der Waals surface area contributed by atoms with E-state index in [1.165, 1.54) is 30.5 Å². The van der Waals surface area contributed by atoms with Crippen LogP contribution in [0.2, 0.25) is 5.02 Å². The van der Waals surface area contributed by atoms with Crippen molar-refractivity contribution in [3.05, 3.63) is 75.6 Å². The van der Waals surface area contributed by atoms with Gasteiger partial charge in [0.25, 0.3) is 5.69 Å². The Morgan fingerprint density at radius 1 is 1.22 bits per heavy atom. The second-order valence-electron chi connectivity index (χ2n) is 4.69. The molecule has 0 spiro atoms. The number of benzene rings is 2. The fourth-order valence-corrected chi connectivity index (χ4v) is 2.14. The Morgan fingerprint density at radius 2 is 2.00 bits per heavy atom. The van der Waals surface area contributed by atoms with E-state index in [4.69, 9.17) is 20.8 Å². The minimum absolute atomic E-state index is 0.0158. The summed E-state index contributed by atoms with van der Waals surface area (Å²) in [5, 5.41) is 11.2. The van der Waals surface area contributed by atoms with Crippen molar-refractivity contribution in [1.29, 1.82) is 0 Å². The fourth-order valence-electron chi connectivity index (χ4n) is 1.95. The summed E-state index contributed by atoms with van der Waals surface area (Å²) in [4.78, 5) is 14.5. The molecule has 0 amide bonds. The summed E-state index contributed by atoms with van der Waals surface area (Å²) in [6, 6.07) is 13.0. The molecule has 0 saturated carbocycles. The highest BCUT2D eigenvalue weighted by Gasteiger charge is 2.09. The Hall–Kier alpha value is -2.86. The molecule has 3 rings (SSSR count). The monoisotopic (exact) mass is 330 g/mol. The van der Waals surface area contributed by atoms with Gasteiger partial charge >= 0.3 is 0 Å². The lowest BCUT2D eigenvalue weighted by molar-refractivity contribution is -0.384. The Balaban J connectivity index is 1.66. The predicted molar refractivity (Wildman–Crippen MR) is 84.4 cm³/mol. The van der Waals surface area contributed by atoms with E-state index in [1.54, 1.807) is 12.1 Å². The number of hydrogen-bond acceptors (Lipinski definition) is 5. The smallest absolute Gasteiger partial charge is 0.269 e. The van der Waals surface area contributed by atoms with E-state index in [9.17, 15) is 10.1 Å². The van der Waals surface area contributed by atoms with Gasteiger partial charge < -0.3 is 9.15 Å². The number of ether oxygens (including phenoxy) is 1. The van der Waals surface area contributed by atoms with Gasteiger partial charge in [0, 0.05) is 22.7 Å². The Labute approximate surface area is 136 Å². The van der Waals surface area contributed by atoms with Gasteiger partial charge in [0.1, 0.15) is 24.3 Å². The highest BCUT2D eigenvalue weighted by Crippen LogP contribution is 2.23. The van der Waals surface area contributed by atoms with Gasteiger partial charge in [0.05, 0.1) is 4.92 Å². The molecule has 0 radical (unpaired) electrons. The van der Waals surface area contributed by atoms with Gasteiger partial charge in [-0.3, -0.25) is 10.1 Å². The topological polar surface area (TPSA) is 78.4 Å². The van der Waals surface area contributed by atoms with E-state index >= 15 is 0 Å². The molecule has 0 N–H and O–H groups in total. The van der Waals surface area contributed by atoms with Crippen molar-refractivity contribution >= 4 is 17.3 Å². The molecule has 0 aliphatic rings. The first-order valence-corrected chi connectivity index (χ1v) is 7.07. The van der Waals surface area contributed by atoms with Gasteiger partial charge in [-0.05, 0) is 30.3 Å². The third-order valence-electron chi connectivity index (χ3n) is 3.06. The van der Waals surface area contributed by atoms with Crippen molar-refractivity contribution in [2.75, 3.05) is 0 Å². The number of nitro groups is 1. The number of nitro benzene ring substituents is 1. The van der Waals surface area contributed by atoms with Crippen molar-refractivity contribution in [3.63, 3.8) is 0 Å². The van der Waals surface area contributed by atoms with Crippen LogP contribution in [0, 0.1) is 10.1 Å². The summed E-state index contributed by atoms with van der Waals surface area (Å²) in [6.45, 7) is 0.196. The molecular weight excluding hydrogens is 320 g/mol. The van der Waals surface area contributed by atoms with Crippen molar-refractivity contribution in [1.82, 2.24) is 4.98 Å². The molecular formula is C16H11ClN2O4. The average Bonchev–Trinajstić information content (AvgIpc) is 3.02. The third-order valence-corrected chi connectivity index (χ3v) is 3.29. The SMILES string of the molecule is O=[N+]([O-])c1ccc(OCc2coc(-c3cccc(Cl)c3)n2)cc1. The molecule has 23 heavy (non-hydrogen) atoms. The maximum absolute atomic E-state index is 10.6. The molecule has 0 unspecified atom stereocenters. The van der Waals surface area contributed by atoms with Crippen molar-refractivity contribution in [2.24, 2.45) is 0 Å². The second kappa shape index (κ2) is 6.50. The fraction of sp³-hybridized carbons (Fsp3) is 0.0625. The zero-order chi connectivity index (χ0) is 16.2. The lowest BCUT2D eigenvalue weighted by atomic mass is 10.2. The van der Waals surface area contributed by atoms with Crippen molar-refractivity contribution in [3.8, 4) is 17.2 Å². The first kappa shape index (κ1) is 15.1. The van der Waals surface area contributed by atoms with Gasteiger partial charge in [-0.25, -0.2) is 4.98 Å². The van der Waals surface area contributed by atoms with Crippen LogP contribution in [0.4, 0.5) is 5.69 Å². The molecule has 3 aromatic rings. The van der Waals surface area contributed by atoms with Crippen molar-refractivity contribution in [2.45, 2.75) is 6.61 Å². The summed E-state index contributed by atoms with van der Waals surface area (Å²) in [7, 11) is 0. The first-order chi connectivity index (χ1) is 11.1. The van der Waals surface area contributed by atoms with Crippen LogP contribution in [0.3, 0.4) is 0 Å². The summed E-state index contributed by atoms with van der Waals surface area (Å²) in [6.07, 6.45) is 1.50. The molecule has 116 valence electrons. The lowest BCUT2D eigenvalue weighted by Crippen LogP contribution is -1.96. The summed E-state index contributed by atoms with van der Waals surface area (Å²) >= 11 is 5.94. The van der Waals surface area contributed by atoms with Crippen LogP contribution < -0.4 is 4.74 Å². The molecule has 0 bridgehead atoms. The molecule has 0 aliphatic heterocycles. The van der Waals surface area contributed by atoms with Crippen LogP contribution in [-0.2, 0) is 6.61 Å². The number of rotatable bonds is 5. The zero-order valence-corrected chi connectivity index (χ0v) is 12.6. The minimum atomic E-state index is -0.460. The van der Waals surface area contributed by atoms with E-state index in [0.717, 1.165) is 5.56 Å². The maximum atomic E-state index is 10.6. The normalized spacial score (nSPS) is 10.5. The number of halogens is 1. The van der Waals surface area contributed by atoms with Gasteiger partial charge in [0.15, 0.2) is 0 Å². The molecule has 1 aromatic heterocycles. The van der Waals surface area contributed by atoms with E-state index in [-0.39, 0.29) is 12.3 Å². The van der Waals surface area contributed by atoms with E-state index < -0.39 is 4.92 Å². The highest BCUT2D eigenvalue weighted by atomic mass is 35.5. The molecule has 0 aliphatic carbocycles. The Kier molecular flexibility index (Phi) is 4.25. The average molecular weight is 331 g/mol. The van der Waals surface area contributed by atoms with Gasteiger partial charge in [-0.1, -0.05) is 17.7 Å². The first-order valence-electron chi connectivity index (χ1n) is 6.69. The Morgan fingerprint density at radius 3 is 2.70 bits per heavy atom. The number of aromatic nitrogens is 1. The summed E-state index contributed by atoms with van der Waals surface area (Å²) < 4.78 is 10.9. The third kappa shape index (κ3) is 3.67. The van der Waals surface area contributed by atoms with Crippen LogP contribution in [0.25, 0.3) is 11.5 Å². The molecule has 0 atom stereocenters. The van der Waals surface area contributed by atoms with Crippen molar-refractivity contribution < 1.29 is 14.1 Å². The molecule has 6 nitrogen and oxygen atoms in total. The minimum Gasteiger partial charge on any atom is -0.487 e. The van der Waals surface area contributed by atoms with Gasteiger partial charge in [-0.2, -0.15) is 0 Å². The quantitative estimate of drug-likeness (QED) is 0.509.